The van der Waals surface area contributed by atoms with Crippen LogP contribution in [0.15, 0.2) is 115 Å². The summed E-state index contributed by atoms with van der Waals surface area (Å²) in [5, 5.41) is 4.67. The fraction of sp³-hybridized carbons (Fsp3) is 0.314. The summed E-state index contributed by atoms with van der Waals surface area (Å²) in [6, 6.07) is 37.4. The molecule has 0 aliphatic rings. The Morgan fingerprint density at radius 1 is 0.732 bits per heavy atom. The monoisotopic (exact) mass is 573 g/mol. The number of hydrogen-bond acceptors (Lipinski definition) is 3. The van der Waals surface area contributed by atoms with E-state index in [9.17, 15) is 0 Å². The Balaban J connectivity index is 1.39. The normalized spacial score (nSPS) is 13.1. The molecule has 0 saturated carbocycles. The van der Waals surface area contributed by atoms with Crippen molar-refractivity contribution in [3.05, 3.63) is 126 Å². The highest BCUT2D eigenvalue weighted by Gasteiger charge is 2.51. The highest BCUT2D eigenvalue weighted by Crippen LogP contribution is 2.37. The van der Waals surface area contributed by atoms with Gasteiger partial charge in [0.15, 0.2) is 0 Å². The summed E-state index contributed by atoms with van der Waals surface area (Å²) in [4.78, 5) is 0. The fourth-order valence-corrected chi connectivity index (χ4v) is 9.86. The minimum absolute atomic E-state index is 0.155. The van der Waals surface area contributed by atoms with Crippen molar-refractivity contribution in [1.82, 2.24) is 5.32 Å². The van der Waals surface area contributed by atoms with Crippen molar-refractivity contribution >= 4 is 18.7 Å². The van der Waals surface area contributed by atoms with Gasteiger partial charge in [-0.3, -0.25) is 0 Å². The number of rotatable bonds is 13. The van der Waals surface area contributed by atoms with Gasteiger partial charge in [-0.1, -0.05) is 124 Å². The molecule has 4 aromatic carbocycles. The summed E-state index contributed by atoms with van der Waals surface area (Å²) in [6.45, 7) is 7.58. The second-order valence-corrected chi connectivity index (χ2v) is 16.0. The third-order valence-corrected chi connectivity index (χ3v) is 12.3. The molecular formula is C35H41F2NO2Si. The summed E-state index contributed by atoms with van der Waals surface area (Å²) in [5.41, 5.74) is 2.12. The smallest absolute Gasteiger partial charge is 0.281 e. The number of ether oxygens (including phenoxy) is 1. The van der Waals surface area contributed by atoms with E-state index < -0.39 is 27.4 Å². The van der Waals surface area contributed by atoms with Crippen LogP contribution in [0.25, 0.3) is 0 Å². The molecule has 1 unspecified atom stereocenters. The molecule has 1 atom stereocenters. The van der Waals surface area contributed by atoms with Gasteiger partial charge in [-0.2, -0.15) is 0 Å². The first kappa shape index (κ1) is 30.6. The minimum Gasteiger partial charge on any atom is -0.489 e. The Labute approximate surface area is 244 Å². The predicted octanol–water partition coefficient (Wildman–Crippen LogP) is 7.00. The Kier molecular flexibility index (Phi) is 10.1. The van der Waals surface area contributed by atoms with Crippen LogP contribution in [0.2, 0.25) is 5.04 Å². The average molecular weight is 574 g/mol. The Bertz CT molecular complexity index is 1310. The van der Waals surface area contributed by atoms with Crippen molar-refractivity contribution in [3.63, 3.8) is 0 Å². The lowest BCUT2D eigenvalue weighted by molar-refractivity contribution is -0.0433. The molecule has 6 heteroatoms. The third-order valence-electron chi connectivity index (χ3n) is 7.31. The molecule has 0 aromatic heterocycles. The molecule has 216 valence electrons. The van der Waals surface area contributed by atoms with Crippen LogP contribution in [0.5, 0.6) is 5.75 Å². The van der Waals surface area contributed by atoms with Crippen molar-refractivity contribution in [2.45, 2.75) is 57.7 Å². The van der Waals surface area contributed by atoms with Gasteiger partial charge in [-0.25, -0.2) is 8.78 Å². The summed E-state index contributed by atoms with van der Waals surface area (Å²) in [7, 11) is -3.04. The van der Waals surface area contributed by atoms with Crippen molar-refractivity contribution < 1.29 is 17.9 Å². The van der Waals surface area contributed by atoms with E-state index in [1.54, 1.807) is 0 Å². The lowest BCUT2D eigenvalue weighted by Gasteiger charge is -2.43. The standard InChI is InChI=1S/C35H41F2NO2Si/c1-28(23-30-17-14-18-31(24-30)39-25-29-15-8-5-9-16-29)38-26-35(36,37)27-40-41(34(2,3)4,32-19-10-6-11-20-32)33-21-12-7-13-22-33/h5-22,24,28,38H,23,25-27H2,1-4H3. The maximum Gasteiger partial charge on any atom is 0.281 e. The molecule has 0 aliphatic carbocycles. The zero-order valence-electron chi connectivity index (χ0n) is 24.4. The Morgan fingerprint density at radius 2 is 1.27 bits per heavy atom. The van der Waals surface area contributed by atoms with Crippen LogP contribution in [0.3, 0.4) is 0 Å². The molecule has 0 saturated heterocycles. The lowest BCUT2D eigenvalue weighted by atomic mass is 10.1. The van der Waals surface area contributed by atoms with Crippen LogP contribution >= 0.6 is 0 Å². The molecule has 0 radical (unpaired) electrons. The van der Waals surface area contributed by atoms with Gasteiger partial charge in [-0.05, 0) is 52.0 Å². The lowest BCUT2D eigenvalue weighted by Crippen LogP contribution is -2.67. The molecule has 4 aromatic rings. The summed E-state index contributed by atoms with van der Waals surface area (Å²) in [5.74, 6) is -2.27. The summed E-state index contributed by atoms with van der Waals surface area (Å²) < 4.78 is 43.3. The number of nitrogens with one attached hydrogen (secondary N) is 1. The van der Waals surface area contributed by atoms with Gasteiger partial charge in [0.1, 0.15) is 12.4 Å². The molecule has 0 fully saturated rings. The van der Waals surface area contributed by atoms with E-state index in [1.165, 1.54) is 0 Å². The van der Waals surface area contributed by atoms with Crippen molar-refractivity contribution in [1.29, 1.82) is 0 Å². The highest BCUT2D eigenvalue weighted by molar-refractivity contribution is 6.99. The van der Waals surface area contributed by atoms with Crippen LogP contribution in [-0.2, 0) is 17.5 Å². The number of alkyl halides is 2. The molecular weight excluding hydrogens is 532 g/mol. The number of halogens is 2. The quantitative estimate of drug-likeness (QED) is 0.175. The third kappa shape index (κ3) is 8.12. The van der Waals surface area contributed by atoms with Crippen molar-refractivity contribution in [3.8, 4) is 5.75 Å². The van der Waals surface area contributed by atoms with Crippen LogP contribution in [0.1, 0.15) is 38.8 Å². The number of hydrogen-bond donors (Lipinski definition) is 1. The Hall–Kier alpha value is -3.32. The first-order valence-electron chi connectivity index (χ1n) is 14.2. The van der Waals surface area contributed by atoms with Crippen LogP contribution in [-0.4, -0.2) is 33.4 Å². The van der Waals surface area contributed by atoms with E-state index in [0.717, 1.165) is 27.2 Å². The van der Waals surface area contributed by atoms with Crippen molar-refractivity contribution in [2.75, 3.05) is 13.2 Å². The second-order valence-electron chi connectivity index (χ2n) is 11.7. The Morgan fingerprint density at radius 3 is 1.83 bits per heavy atom. The van der Waals surface area contributed by atoms with Crippen LogP contribution in [0, 0.1) is 0 Å². The van der Waals surface area contributed by atoms with Crippen molar-refractivity contribution in [2.24, 2.45) is 0 Å². The molecule has 0 heterocycles. The highest BCUT2D eigenvalue weighted by atomic mass is 28.4. The summed E-state index contributed by atoms with van der Waals surface area (Å²) in [6.07, 6.45) is 0.605. The fourth-order valence-electron chi connectivity index (χ4n) is 5.28. The van der Waals surface area contributed by atoms with Gasteiger partial charge < -0.3 is 14.5 Å². The van der Waals surface area contributed by atoms with E-state index in [-0.39, 0.29) is 11.1 Å². The van der Waals surface area contributed by atoms with Gasteiger partial charge in [0, 0.05) is 6.04 Å². The SMILES string of the molecule is CC(Cc1cccc(OCc2ccccc2)c1)NCC(F)(F)CO[Si](c1ccccc1)(c1ccccc1)C(C)(C)C. The van der Waals surface area contributed by atoms with Gasteiger partial charge in [0.25, 0.3) is 14.2 Å². The molecule has 0 amide bonds. The van der Waals surface area contributed by atoms with E-state index >= 15 is 8.78 Å². The van der Waals surface area contributed by atoms with Gasteiger partial charge in [0.2, 0.25) is 0 Å². The molecule has 3 nitrogen and oxygen atoms in total. The molecule has 0 bridgehead atoms. The van der Waals surface area contributed by atoms with Gasteiger partial charge in [0.05, 0.1) is 13.2 Å². The van der Waals surface area contributed by atoms with E-state index in [2.05, 4.69) is 26.1 Å². The maximum absolute atomic E-state index is 15.4. The summed E-state index contributed by atoms with van der Waals surface area (Å²) >= 11 is 0. The van der Waals surface area contributed by atoms with Gasteiger partial charge >= 0.3 is 0 Å². The average Bonchev–Trinajstić information content (AvgIpc) is 2.97. The van der Waals surface area contributed by atoms with Crippen LogP contribution in [0.4, 0.5) is 8.78 Å². The predicted molar refractivity (Wildman–Crippen MR) is 167 cm³/mol. The molecule has 41 heavy (non-hydrogen) atoms. The van der Waals surface area contributed by atoms with E-state index in [1.807, 2.05) is 122 Å². The minimum atomic E-state index is -3.04. The number of benzene rings is 4. The van der Waals surface area contributed by atoms with Gasteiger partial charge in [-0.15, -0.1) is 0 Å². The maximum atomic E-state index is 15.4. The second kappa shape index (κ2) is 13.6. The molecule has 0 spiro atoms. The molecule has 1 N–H and O–H groups in total. The first-order valence-corrected chi connectivity index (χ1v) is 16.1. The zero-order chi connectivity index (χ0) is 29.3. The largest absolute Gasteiger partial charge is 0.489 e. The zero-order valence-corrected chi connectivity index (χ0v) is 25.4. The first-order chi connectivity index (χ1) is 19.6. The van der Waals surface area contributed by atoms with E-state index in [0.29, 0.717) is 13.0 Å². The van der Waals surface area contributed by atoms with Crippen LogP contribution < -0.4 is 20.4 Å². The topological polar surface area (TPSA) is 30.5 Å². The molecule has 4 rings (SSSR count). The van der Waals surface area contributed by atoms with E-state index in [4.69, 9.17) is 9.16 Å². The molecule has 0 aliphatic heterocycles.